The number of nitro groups is 1. The van der Waals surface area contributed by atoms with E-state index >= 15 is 0 Å². The van der Waals surface area contributed by atoms with E-state index in [0.717, 1.165) is 0 Å². The molecule has 3 rings (SSSR count). The average Bonchev–Trinajstić information content (AvgIpc) is 2.73. The number of anilines is 1. The van der Waals surface area contributed by atoms with Crippen LogP contribution in [0.1, 0.15) is 10.4 Å². The highest BCUT2D eigenvalue weighted by atomic mass is 16.6. The van der Waals surface area contributed by atoms with Gasteiger partial charge in [-0.25, -0.2) is 0 Å². The van der Waals surface area contributed by atoms with Crippen LogP contribution in [0.4, 0.5) is 11.4 Å². The molecule has 29 heavy (non-hydrogen) atoms. The number of nitrogens with one attached hydrogen (secondary N) is 1. The van der Waals surface area contributed by atoms with E-state index in [9.17, 15) is 29.6 Å². The number of Topliss-reactive ketones (excluding diaryl/α,β-unsaturated/α-hetero) is 1. The maximum atomic E-state index is 12.7. The topological polar surface area (TPSA) is 144 Å². The van der Waals surface area contributed by atoms with E-state index in [1.54, 1.807) is 18.2 Å². The molecule has 0 amide bonds. The fraction of sp³-hybridized carbons (Fsp3) is 0.0526. The van der Waals surface area contributed by atoms with Gasteiger partial charge >= 0.3 is 0 Å². The van der Waals surface area contributed by atoms with E-state index < -0.39 is 33.3 Å². The normalized spacial score (nSPS) is 11.3. The monoisotopic (exact) mass is 394 g/mol. The molecule has 0 unspecified atom stereocenters. The number of para-hydroxylation sites is 1. The Balaban J connectivity index is 1.99. The third-order valence-corrected chi connectivity index (χ3v) is 4.23. The first-order chi connectivity index (χ1) is 13.8. The number of hydrogen-bond acceptors (Lipinski definition) is 8. The van der Waals surface area contributed by atoms with Gasteiger partial charge in [-0.05, 0) is 24.3 Å². The summed E-state index contributed by atoms with van der Waals surface area (Å²) >= 11 is 0. The van der Waals surface area contributed by atoms with Crippen LogP contribution in [0.15, 0.2) is 58.4 Å². The number of hydrazone groups is 1. The molecule has 0 aliphatic rings. The number of hydrogen-bond donors (Lipinski definition) is 2. The summed E-state index contributed by atoms with van der Waals surface area (Å²) in [6.07, 6.45) is 0.148. The molecule has 0 spiro atoms. The second-order valence-corrected chi connectivity index (χ2v) is 5.96. The first-order valence-electron chi connectivity index (χ1n) is 8.24. The van der Waals surface area contributed by atoms with E-state index in [4.69, 9.17) is 0 Å². The Bertz CT molecular complexity index is 1230. The van der Waals surface area contributed by atoms with Crippen LogP contribution < -0.4 is 11.0 Å². The van der Waals surface area contributed by atoms with Crippen LogP contribution in [0, 0.1) is 10.1 Å². The van der Waals surface area contributed by atoms with Crippen LogP contribution in [0.2, 0.25) is 0 Å². The highest BCUT2D eigenvalue weighted by molar-refractivity contribution is 6.64. The van der Waals surface area contributed by atoms with Crippen LogP contribution >= 0.6 is 0 Å². The first kappa shape index (κ1) is 19.4. The fourth-order valence-electron chi connectivity index (χ4n) is 2.73. The number of aromatic nitrogens is 1. The van der Waals surface area contributed by atoms with Gasteiger partial charge in [0.2, 0.25) is 5.78 Å². The van der Waals surface area contributed by atoms with Gasteiger partial charge < -0.3 is 9.67 Å². The molecule has 0 atom stereocenters. The van der Waals surface area contributed by atoms with Crippen molar-refractivity contribution in [1.29, 1.82) is 0 Å². The Morgan fingerprint density at radius 2 is 1.86 bits per heavy atom. The van der Waals surface area contributed by atoms with Gasteiger partial charge in [0.1, 0.15) is 11.3 Å². The van der Waals surface area contributed by atoms with Crippen molar-refractivity contribution < 1.29 is 19.6 Å². The molecule has 146 valence electrons. The third-order valence-electron chi connectivity index (χ3n) is 4.23. The third kappa shape index (κ3) is 3.58. The zero-order chi connectivity index (χ0) is 21.1. The molecular formula is C19H14N4O6. The lowest BCUT2D eigenvalue weighted by Gasteiger charge is -2.10. The Morgan fingerprint density at radius 1 is 1.21 bits per heavy atom. The van der Waals surface area contributed by atoms with Gasteiger partial charge in [0, 0.05) is 24.6 Å². The van der Waals surface area contributed by atoms with Crippen molar-refractivity contribution in [2.24, 2.45) is 12.1 Å². The van der Waals surface area contributed by atoms with E-state index in [1.807, 2.05) is 0 Å². The smallest absolute Gasteiger partial charge is 0.269 e. The van der Waals surface area contributed by atoms with Gasteiger partial charge in [0.25, 0.3) is 11.2 Å². The Morgan fingerprint density at radius 3 is 2.48 bits per heavy atom. The van der Waals surface area contributed by atoms with Crippen molar-refractivity contribution in [2.45, 2.75) is 0 Å². The van der Waals surface area contributed by atoms with Crippen molar-refractivity contribution in [1.82, 2.24) is 4.57 Å². The van der Waals surface area contributed by atoms with Crippen LogP contribution in [-0.2, 0) is 11.8 Å². The summed E-state index contributed by atoms with van der Waals surface area (Å²) < 4.78 is 1.19. The van der Waals surface area contributed by atoms with Crippen LogP contribution in [0.3, 0.4) is 0 Å². The van der Waals surface area contributed by atoms with Crippen molar-refractivity contribution in [3.05, 3.63) is 74.6 Å². The minimum absolute atomic E-state index is 0.143. The molecular weight excluding hydrogens is 380 g/mol. The molecule has 10 heteroatoms. The highest BCUT2D eigenvalue weighted by Gasteiger charge is 2.25. The Labute approximate surface area is 162 Å². The molecule has 2 N–H and O–H groups in total. The second kappa shape index (κ2) is 7.72. The Kier molecular flexibility index (Phi) is 5.17. The molecule has 0 fully saturated rings. The number of aryl methyl sites for hydroxylation is 1. The number of non-ortho nitro benzene ring substituents is 1. The predicted octanol–water partition coefficient (Wildman–Crippen LogP) is 2.00. The summed E-state index contributed by atoms with van der Waals surface area (Å²) in [7, 11) is 1.44. The summed E-state index contributed by atoms with van der Waals surface area (Å²) in [6.45, 7) is 0. The zero-order valence-corrected chi connectivity index (χ0v) is 15.0. The number of aromatic hydroxyl groups is 1. The van der Waals surface area contributed by atoms with Crippen LogP contribution in [0.25, 0.3) is 10.9 Å². The molecule has 10 nitrogen and oxygen atoms in total. The number of fused-ring (bicyclic) bond motifs is 1. The van der Waals surface area contributed by atoms with Crippen molar-refractivity contribution in [2.75, 3.05) is 5.43 Å². The minimum atomic E-state index is -1.06. The summed E-state index contributed by atoms with van der Waals surface area (Å²) in [5, 5.41) is 25.1. The van der Waals surface area contributed by atoms with E-state index in [1.165, 1.54) is 41.9 Å². The minimum Gasteiger partial charge on any atom is -0.506 e. The number of rotatable bonds is 6. The SMILES string of the molecule is Cn1c(=O)c(C(=O)/C(C=O)=N/Nc2ccc([N+](=O)[O-])cc2)c(O)c2ccccc21. The van der Waals surface area contributed by atoms with E-state index in [2.05, 4.69) is 10.5 Å². The average molecular weight is 394 g/mol. The van der Waals surface area contributed by atoms with Crippen molar-refractivity contribution >= 4 is 40.1 Å². The number of benzene rings is 2. The molecule has 0 saturated carbocycles. The second-order valence-electron chi connectivity index (χ2n) is 5.96. The molecule has 1 heterocycles. The summed E-state index contributed by atoms with van der Waals surface area (Å²) in [5.41, 5.74) is 0.967. The number of nitrogens with zero attached hydrogens (tertiary/aromatic N) is 3. The Hall–Kier alpha value is -4.34. The van der Waals surface area contributed by atoms with E-state index in [0.29, 0.717) is 5.52 Å². The molecule has 2 aromatic carbocycles. The van der Waals surface area contributed by atoms with Crippen LogP contribution in [-0.4, -0.2) is 32.4 Å². The van der Waals surface area contributed by atoms with Gasteiger partial charge in [0.15, 0.2) is 12.0 Å². The lowest BCUT2D eigenvalue weighted by Crippen LogP contribution is -2.29. The largest absolute Gasteiger partial charge is 0.506 e. The molecule has 3 aromatic rings. The first-order valence-corrected chi connectivity index (χ1v) is 8.24. The maximum absolute atomic E-state index is 12.7. The van der Waals surface area contributed by atoms with Gasteiger partial charge in [-0.15, -0.1) is 0 Å². The molecule has 0 aliphatic carbocycles. The number of carbonyl (C=O) groups is 2. The molecule has 0 bridgehead atoms. The molecule has 0 aliphatic heterocycles. The fourth-order valence-corrected chi connectivity index (χ4v) is 2.73. The predicted molar refractivity (Wildman–Crippen MR) is 105 cm³/mol. The molecule has 0 radical (unpaired) electrons. The molecule has 1 aromatic heterocycles. The van der Waals surface area contributed by atoms with Gasteiger partial charge in [-0.2, -0.15) is 5.10 Å². The number of ketones is 1. The number of pyridine rings is 1. The number of carbonyl (C=O) groups excluding carboxylic acids is 2. The quantitative estimate of drug-likeness (QED) is 0.162. The highest BCUT2D eigenvalue weighted by Crippen LogP contribution is 2.26. The lowest BCUT2D eigenvalue weighted by molar-refractivity contribution is -0.384. The van der Waals surface area contributed by atoms with Gasteiger partial charge in [0.05, 0.1) is 16.1 Å². The summed E-state index contributed by atoms with van der Waals surface area (Å²) in [5.74, 6) is -1.60. The van der Waals surface area contributed by atoms with Gasteiger partial charge in [-0.1, -0.05) is 12.1 Å². The van der Waals surface area contributed by atoms with Crippen LogP contribution in [0.5, 0.6) is 5.75 Å². The van der Waals surface area contributed by atoms with Crippen molar-refractivity contribution in [3.8, 4) is 5.75 Å². The number of aldehydes is 1. The van der Waals surface area contributed by atoms with Gasteiger partial charge in [-0.3, -0.25) is 29.9 Å². The maximum Gasteiger partial charge on any atom is 0.269 e. The summed E-state index contributed by atoms with van der Waals surface area (Å²) in [4.78, 5) is 46.8. The molecule has 0 saturated heterocycles. The zero-order valence-electron chi connectivity index (χ0n) is 15.0. The van der Waals surface area contributed by atoms with Crippen molar-refractivity contribution in [3.63, 3.8) is 0 Å². The number of nitro benzene ring substituents is 1. The summed E-state index contributed by atoms with van der Waals surface area (Å²) in [6, 6.07) is 11.5. The van der Waals surface area contributed by atoms with E-state index in [-0.39, 0.29) is 23.0 Å². The standard InChI is InChI=1S/C19H14N4O6/c1-22-15-5-3-2-4-13(15)17(25)16(19(22)27)18(26)14(10-24)21-20-11-6-8-12(9-7-11)23(28)29/h2-10,20,25H,1H3/b21-14+. The lowest BCUT2D eigenvalue weighted by atomic mass is 10.0.